The number of halogens is 2. The number of anilines is 1. The summed E-state index contributed by atoms with van der Waals surface area (Å²) in [5.74, 6) is 1.61. The lowest BCUT2D eigenvalue weighted by atomic mass is 9.97. The molecule has 1 aliphatic heterocycles. The van der Waals surface area contributed by atoms with Crippen LogP contribution in [-0.4, -0.2) is 60.0 Å². The van der Waals surface area contributed by atoms with Gasteiger partial charge in [-0.25, -0.2) is 14.4 Å². The average Bonchev–Trinajstić information content (AvgIpc) is 3.61. The Labute approximate surface area is 199 Å². The predicted molar refractivity (Wildman–Crippen MR) is 127 cm³/mol. The minimum atomic E-state index is -1.01. The molecule has 33 heavy (non-hydrogen) atoms. The third kappa shape index (κ3) is 4.85. The molecule has 1 aromatic heterocycles. The van der Waals surface area contributed by atoms with E-state index in [2.05, 4.69) is 20.2 Å². The summed E-state index contributed by atoms with van der Waals surface area (Å²) in [6.45, 7) is 6.25. The van der Waals surface area contributed by atoms with Crippen molar-refractivity contribution in [3.05, 3.63) is 52.4 Å². The van der Waals surface area contributed by atoms with Crippen LogP contribution in [0.4, 0.5) is 10.2 Å². The fraction of sp³-hybridized carbons (Fsp3) is 0.560. The number of nitrogens with zero attached hydrogens (tertiary/aromatic N) is 4. The van der Waals surface area contributed by atoms with E-state index in [4.69, 9.17) is 11.6 Å². The number of carbonyl (C=O) groups is 1. The van der Waals surface area contributed by atoms with E-state index in [1.54, 1.807) is 0 Å². The van der Waals surface area contributed by atoms with Crippen molar-refractivity contribution in [3.8, 4) is 0 Å². The second-order valence-electron chi connectivity index (χ2n) is 9.62. The molecule has 0 radical (unpaired) electrons. The number of hydrogen-bond donors (Lipinski definition) is 1. The zero-order chi connectivity index (χ0) is 22.9. The lowest BCUT2D eigenvalue weighted by Gasteiger charge is -2.38. The Morgan fingerprint density at radius 3 is 2.61 bits per heavy atom. The van der Waals surface area contributed by atoms with Crippen LogP contribution in [0.2, 0.25) is 5.02 Å². The van der Waals surface area contributed by atoms with Crippen LogP contribution in [0.5, 0.6) is 0 Å². The van der Waals surface area contributed by atoms with Gasteiger partial charge in [0.25, 0.3) is 0 Å². The summed E-state index contributed by atoms with van der Waals surface area (Å²) in [5.41, 5.74) is 2.47. The highest BCUT2D eigenvalue weighted by molar-refractivity contribution is 6.30. The van der Waals surface area contributed by atoms with Gasteiger partial charge in [-0.15, -0.1) is 0 Å². The molecule has 5 rings (SSSR count). The van der Waals surface area contributed by atoms with E-state index < -0.39 is 6.17 Å². The number of benzene rings is 1. The topological polar surface area (TPSA) is 61.4 Å². The molecular formula is C25H31ClFN5O. The van der Waals surface area contributed by atoms with Gasteiger partial charge in [0.05, 0.1) is 11.6 Å². The van der Waals surface area contributed by atoms with Crippen molar-refractivity contribution < 1.29 is 9.18 Å². The first-order valence-electron chi connectivity index (χ1n) is 12.0. The SMILES string of the molecule is C[C@@H]1C[C@H](F)c2ncnc(N3CCN(C(=O)C(CNCC4CC4)c4ccc(Cl)cc4)CC3)c21. The van der Waals surface area contributed by atoms with Crippen molar-refractivity contribution >= 4 is 23.3 Å². The molecule has 2 aliphatic carbocycles. The second-order valence-corrected chi connectivity index (χ2v) is 10.1. The molecule has 0 spiro atoms. The Hall–Kier alpha value is -2.25. The number of nitrogens with one attached hydrogen (secondary N) is 1. The largest absolute Gasteiger partial charge is 0.353 e. The maximum Gasteiger partial charge on any atom is 0.231 e. The molecule has 1 aromatic carbocycles. The van der Waals surface area contributed by atoms with E-state index in [0.717, 1.165) is 29.4 Å². The number of rotatable bonds is 7. The molecule has 1 unspecified atom stereocenters. The third-order valence-corrected chi connectivity index (χ3v) is 7.44. The number of alkyl halides is 1. The molecule has 1 N–H and O–H groups in total. The van der Waals surface area contributed by atoms with Crippen LogP contribution in [-0.2, 0) is 4.79 Å². The van der Waals surface area contributed by atoms with E-state index in [9.17, 15) is 9.18 Å². The summed E-state index contributed by atoms with van der Waals surface area (Å²) in [6, 6.07) is 7.62. The van der Waals surface area contributed by atoms with Gasteiger partial charge in [-0.1, -0.05) is 30.7 Å². The zero-order valence-electron chi connectivity index (χ0n) is 19.0. The number of hydrogen-bond acceptors (Lipinski definition) is 5. The summed E-state index contributed by atoms with van der Waals surface area (Å²) in [4.78, 5) is 26.4. The van der Waals surface area contributed by atoms with Crippen LogP contribution < -0.4 is 10.2 Å². The van der Waals surface area contributed by atoms with Crippen LogP contribution in [0.25, 0.3) is 0 Å². The molecule has 1 saturated heterocycles. The van der Waals surface area contributed by atoms with Crippen LogP contribution in [0.1, 0.15) is 61.0 Å². The molecule has 8 heteroatoms. The van der Waals surface area contributed by atoms with Gasteiger partial charge in [0.2, 0.25) is 5.91 Å². The van der Waals surface area contributed by atoms with Gasteiger partial charge in [-0.3, -0.25) is 4.79 Å². The highest BCUT2D eigenvalue weighted by Gasteiger charge is 2.36. The molecule has 176 valence electrons. The first-order valence-corrected chi connectivity index (χ1v) is 12.4. The Morgan fingerprint density at radius 2 is 1.91 bits per heavy atom. The molecule has 0 bridgehead atoms. The van der Waals surface area contributed by atoms with Crippen LogP contribution >= 0.6 is 11.6 Å². The smallest absolute Gasteiger partial charge is 0.231 e. The average molecular weight is 472 g/mol. The molecule has 2 aromatic rings. The standard InChI is InChI=1S/C25H31ClFN5O/c1-16-12-21(27)23-22(16)24(30-15-29-23)31-8-10-32(11-9-31)25(33)20(14-28-13-17-2-3-17)18-4-6-19(26)7-5-18/h4-7,15-17,20-21,28H,2-3,8-14H2,1H3/t16-,20?,21+/m1/s1. The molecule has 2 heterocycles. The monoisotopic (exact) mass is 471 g/mol. The fourth-order valence-electron chi connectivity index (χ4n) is 5.07. The number of piperazine rings is 1. The van der Waals surface area contributed by atoms with Crippen molar-refractivity contribution in [3.63, 3.8) is 0 Å². The number of fused-ring (bicyclic) bond motifs is 1. The maximum atomic E-state index is 14.3. The molecule has 3 aliphatic rings. The molecule has 1 saturated carbocycles. The van der Waals surface area contributed by atoms with Gasteiger partial charge in [-0.2, -0.15) is 0 Å². The molecular weight excluding hydrogens is 441 g/mol. The molecule has 2 fully saturated rings. The van der Waals surface area contributed by atoms with Gasteiger partial charge in [0.15, 0.2) is 0 Å². The van der Waals surface area contributed by atoms with E-state index >= 15 is 0 Å². The van der Waals surface area contributed by atoms with Crippen molar-refractivity contribution in [1.82, 2.24) is 20.2 Å². The molecule has 3 atom stereocenters. The van der Waals surface area contributed by atoms with Gasteiger partial charge in [0.1, 0.15) is 18.3 Å². The summed E-state index contributed by atoms with van der Waals surface area (Å²) in [7, 11) is 0. The quantitative estimate of drug-likeness (QED) is 0.659. The summed E-state index contributed by atoms with van der Waals surface area (Å²) < 4.78 is 14.3. The normalized spacial score (nSPS) is 23.5. The minimum absolute atomic E-state index is 0.109. The third-order valence-electron chi connectivity index (χ3n) is 7.18. The highest BCUT2D eigenvalue weighted by atomic mass is 35.5. The molecule has 6 nitrogen and oxygen atoms in total. The predicted octanol–water partition coefficient (Wildman–Crippen LogP) is 4.08. The molecule has 1 amide bonds. The van der Waals surface area contributed by atoms with Crippen molar-refractivity contribution in [2.24, 2.45) is 5.92 Å². The van der Waals surface area contributed by atoms with Crippen molar-refractivity contribution in [2.45, 2.75) is 44.2 Å². The Bertz CT molecular complexity index is 991. The number of aromatic nitrogens is 2. The van der Waals surface area contributed by atoms with Gasteiger partial charge in [-0.05, 0) is 55.3 Å². The summed E-state index contributed by atoms with van der Waals surface area (Å²) in [6.07, 6.45) is 3.49. The fourth-order valence-corrected chi connectivity index (χ4v) is 5.20. The Morgan fingerprint density at radius 1 is 1.18 bits per heavy atom. The van der Waals surface area contributed by atoms with Crippen molar-refractivity contribution in [2.75, 3.05) is 44.2 Å². The highest BCUT2D eigenvalue weighted by Crippen LogP contribution is 2.44. The lowest BCUT2D eigenvalue weighted by Crippen LogP contribution is -2.51. The van der Waals surface area contributed by atoms with Gasteiger partial charge < -0.3 is 15.1 Å². The number of amides is 1. The van der Waals surface area contributed by atoms with Crippen molar-refractivity contribution in [1.29, 1.82) is 0 Å². The Balaban J connectivity index is 1.27. The maximum absolute atomic E-state index is 14.3. The summed E-state index contributed by atoms with van der Waals surface area (Å²) in [5, 5.41) is 4.18. The van der Waals surface area contributed by atoms with E-state index in [1.165, 1.54) is 19.2 Å². The lowest BCUT2D eigenvalue weighted by molar-refractivity contribution is -0.133. The minimum Gasteiger partial charge on any atom is -0.353 e. The van der Waals surface area contributed by atoms with E-state index in [-0.39, 0.29) is 17.7 Å². The van der Waals surface area contributed by atoms with Crippen LogP contribution in [0.3, 0.4) is 0 Å². The number of carbonyl (C=O) groups excluding carboxylic acids is 1. The van der Waals surface area contributed by atoms with Gasteiger partial charge in [0, 0.05) is 43.3 Å². The van der Waals surface area contributed by atoms with E-state index in [1.807, 2.05) is 36.1 Å². The Kier molecular flexibility index (Phi) is 6.52. The first kappa shape index (κ1) is 22.5. The van der Waals surface area contributed by atoms with E-state index in [0.29, 0.717) is 49.9 Å². The first-order chi connectivity index (χ1) is 16.0. The zero-order valence-corrected chi connectivity index (χ0v) is 19.8. The van der Waals surface area contributed by atoms with Crippen LogP contribution in [0, 0.1) is 5.92 Å². The van der Waals surface area contributed by atoms with Crippen LogP contribution in [0.15, 0.2) is 30.6 Å². The second kappa shape index (κ2) is 9.55. The summed E-state index contributed by atoms with van der Waals surface area (Å²) >= 11 is 6.08. The van der Waals surface area contributed by atoms with Gasteiger partial charge >= 0.3 is 0 Å².